The van der Waals surface area contributed by atoms with Gasteiger partial charge in [-0.2, -0.15) is 0 Å². The predicted molar refractivity (Wildman–Crippen MR) is 157 cm³/mol. The zero-order valence-corrected chi connectivity index (χ0v) is 22.3. The highest BCUT2D eigenvalue weighted by Crippen LogP contribution is 2.40. The Kier molecular flexibility index (Phi) is 6.12. The highest BCUT2D eigenvalue weighted by molar-refractivity contribution is 5.92. The molecule has 0 saturated carbocycles. The first-order valence-electron chi connectivity index (χ1n) is 13.1. The molecule has 0 spiro atoms. The lowest BCUT2D eigenvalue weighted by molar-refractivity contribution is -0.574. The van der Waals surface area contributed by atoms with Gasteiger partial charge in [0.1, 0.15) is 0 Å². The Morgan fingerprint density at radius 3 is 1.74 bits per heavy atom. The number of pyridine rings is 1. The van der Waals surface area contributed by atoms with Gasteiger partial charge in [0.2, 0.25) is 11.4 Å². The van der Waals surface area contributed by atoms with Crippen molar-refractivity contribution in [2.75, 3.05) is 0 Å². The molecule has 5 aromatic carbocycles. The second-order valence-electron chi connectivity index (χ2n) is 10.2. The van der Waals surface area contributed by atoms with E-state index >= 15 is 0 Å². The van der Waals surface area contributed by atoms with Crippen LogP contribution in [0.15, 0.2) is 115 Å². The third kappa shape index (κ3) is 4.42. The van der Waals surface area contributed by atoms with Crippen molar-refractivity contribution in [3.8, 4) is 50.8 Å². The van der Waals surface area contributed by atoms with E-state index in [1.807, 2.05) is 103 Å². The standard InChI is InChI=1S/C36H29NO2/c1-23-8-14-27(15-9-23)31-22-32(28-16-10-24(2)11-17-28)37(34(36(31)39)29-18-12-25(3)13-19-29)35-30-7-5-4-6-26(30)20-21-33(35)38/h4-22H,1-3H3,(H-,38,39). The number of benzene rings is 5. The molecule has 1 N–H and O–H groups in total. The van der Waals surface area contributed by atoms with Crippen molar-refractivity contribution in [1.29, 1.82) is 0 Å². The number of fused-ring (bicyclic) bond motifs is 1. The molecule has 0 bridgehead atoms. The largest absolute Gasteiger partial charge is 0.868 e. The summed E-state index contributed by atoms with van der Waals surface area (Å²) in [7, 11) is 0. The molecular formula is C36H29NO2. The molecule has 0 unspecified atom stereocenters. The fraction of sp³-hybridized carbons (Fsp3) is 0.0833. The fourth-order valence-corrected chi connectivity index (χ4v) is 5.18. The van der Waals surface area contributed by atoms with Crippen LogP contribution in [-0.4, -0.2) is 5.11 Å². The van der Waals surface area contributed by atoms with E-state index in [4.69, 9.17) is 0 Å². The van der Waals surface area contributed by atoms with Crippen molar-refractivity contribution in [1.82, 2.24) is 0 Å². The van der Waals surface area contributed by atoms with E-state index in [-0.39, 0.29) is 11.5 Å². The molecule has 0 saturated heterocycles. The summed E-state index contributed by atoms with van der Waals surface area (Å²) in [5, 5.41) is 27.7. The van der Waals surface area contributed by atoms with E-state index < -0.39 is 0 Å². The lowest BCUT2D eigenvalue weighted by Crippen LogP contribution is -2.38. The average Bonchev–Trinajstić information content (AvgIpc) is 2.95. The summed E-state index contributed by atoms with van der Waals surface area (Å²) < 4.78 is 1.95. The maximum atomic E-state index is 14.5. The number of hydrogen-bond acceptors (Lipinski definition) is 2. The zero-order valence-electron chi connectivity index (χ0n) is 22.3. The molecule has 6 aromatic rings. The fourth-order valence-electron chi connectivity index (χ4n) is 5.18. The monoisotopic (exact) mass is 507 g/mol. The van der Waals surface area contributed by atoms with Gasteiger partial charge in [0.05, 0.1) is 5.39 Å². The molecule has 190 valence electrons. The predicted octanol–water partition coefficient (Wildman–Crippen LogP) is 7.82. The molecule has 0 atom stereocenters. The van der Waals surface area contributed by atoms with Crippen molar-refractivity contribution >= 4 is 10.8 Å². The summed E-state index contributed by atoms with van der Waals surface area (Å²) in [6.45, 7) is 6.14. The van der Waals surface area contributed by atoms with Gasteiger partial charge < -0.3 is 10.2 Å². The summed E-state index contributed by atoms with van der Waals surface area (Å²) in [5.41, 5.74) is 8.55. The van der Waals surface area contributed by atoms with E-state index in [2.05, 4.69) is 31.2 Å². The van der Waals surface area contributed by atoms with Crippen molar-refractivity contribution in [3.63, 3.8) is 0 Å². The SMILES string of the molecule is Cc1ccc(-c2cc(-c3ccc(C)cc3)[n+](-c3c(O)ccc4ccccc34)c(-c3ccc(C)cc3)c2[O-])cc1. The van der Waals surface area contributed by atoms with E-state index in [9.17, 15) is 10.2 Å². The topological polar surface area (TPSA) is 47.2 Å². The molecule has 3 nitrogen and oxygen atoms in total. The Balaban J connectivity index is 1.81. The van der Waals surface area contributed by atoms with Crippen LogP contribution in [0.4, 0.5) is 0 Å². The first-order chi connectivity index (χ1) is 18.9. The van der Waals surface area contributed by atoms with Gasteiger partial charge >= 0.3 is 0 Å². The van der Waals surface area contributed by atoms with Crippen molar-refractivity contribution in [3.05, 3.63) is 132 Å². The highest BCUT2D eigenvalue weighted by atomic mass is 16.3. The third-order valence-corrected chi connectivity index (χ3v) is 7.34. The van der Waals surface area contributed by atoms with Gasteiger partial charge in [-0.25, -0.2) is 0 Å². The number of aryl methyl sites for hydroxylation is 3. The van der Waals surface area contributed by atoms with Crippen LogP contribution in [-0.2, 0) is 0 Å². The Hall–Kier alpha value is -4.89. The van der Waals surface area contributed by atoms with E-state index in [0.717, 1.165) is 49.8 Å². The van der Waals surface area contributed by atoms with Gasteiger partial charge in [-0.3, -0.25) is 0 Å². The van der Waals surface area contributed by atoms with E-state index in [1.54, 1.807) is 6.07 Å². The van der Waals surface area contributed by atoms with Gasteiger partial charge in [-0.1, -0.05) is 89.5 Å². The molecule has 0 radical (unpaired) electrons. The second kappa shape index (κ2) is 9.77. The first-order valence-corrected chi connectivity index (χ1v) is 13.1. The first kappa shape index (κ1) is 24.4. The van der Waals surface area contributed by atoms with Crippen LogP contribution in [0.3, 0.4) is 0 Å². The zero-order chi connectivity index (χ0) is 27.1. The molecule has 6 rings (SSSR count). The van der Waals surface area contributed by atoms with E-state index in [0.29, 0.717) is 16.9 Å². The van der Waals surface area contributed by atoms with Gasteiger partial charge in [-0.05, 0) is 79.4 Å². The number of aromatic hydroxyl groups is 1. The summed E-state index contributed by atoms with van der Waals surface area (Å²) in [4.78, 5) is 0. The van der Waals surface area contributed by atoms with Crippen LogP contribution in [0.5, 0.6) is 11.5 Å². The number of hydrogen-bond donors (Lipinski definition) is 1. The van der Waals surface area contributed by atoms with Crippen molar-refractivity contribution in [2.45, 2.75) is 20.8 Å². The molecule has 0 aliphatic carbocycles. The number of phenolic OH excluding ortho intramolecular Hbond substituents is 1. The molecule has 39 heavy (non-hydrogen) atoms. The summed E-state index contributed by atoms with van der Waals surface area (Å²) >= 11 is 0. The quantitative estimate of drug-likeness (QED) is 0.247. The van der Waals surface area contributed by atoms with E-state index in [1.165, 1.54) is 0 Å². The molecule has 1 heterocycles. The summed E-state index contributed by atoms with van der Waals surface area (Å²) in [5.74, 6) is 0.0220. The molecule has 0 fully saturated rings. The van der Waals surface area contributed by atoms with Crippen LogP contribution in [0.1, 0.15) is 16.7 Å². The number of nitrogens with zero attached hydrogens (tertiary/aromatic N) is 1. The number of rotatable bonds is 4. The smallest absolute Gasteiger partial charge is 0.261 e. The lowest BCUT2D eigenvalue weighted by atomic mass is 9.95. The van der Waals surface area contributed by atoms with Crippen molar-refractivity contribution < 1.29 is 14.8 Å². The summed E-state index contributed by atoms with van der Waals surface area (Å²) in [6, 6.07) is 37.9. The highest BCUT2D eigenvalue weighted by Gasteiger charge is 2.30. The molecular weight excluding hydrogens is 478 g/mol. The molecule has 3 heteroatoms. The van der Waals surface area contributed by atoms with Crippen LogP contribution in [0, 0.1) is 20.8 Å². The average molecular weight is 508 g/mol. The van der Waals surface area contributed by atoms with Crippen LogP contribution < -0.4 is 9.67 Å². The van der Waals surface area contributed by atoms with Crippen LogP contribution in [0.25, 0.3) is 50.1 Å². The normalized spacial score (nSPS) is 11.2. The van der Waals surface area contributed by atoms with Gasteiger partial charge in [-0.15, -0.1) is 4.57 Å². The van der Waals surface area contributed by atoms with Gasteiger partial charge in [0.25, 0.3) is 5.69 Å². The second-order valence-corrected chi connectivity index (χ2v) is 10.2. The molecule has 0 amide bonds. The molecule has 0 aliphatic heterocycles. The van der Waals surface area contributed by atoms with Crippen LogP contribution >= 0.6 is 0 Å². The maximum Gasteiger partial charge on any atom is 0.261 e. The minimum atomic E-state index is -0.0918. The summed E-state index contributed by atoms with van der Waals surface area (Å²) in [6.07, 6.45) is 0. The van der Waals surface area contributed by atoms with Crippen molar-refractivity contribution in [2.24, 2.45) is 0 Å². The number of aromatic nitrogens is 1. The van der Waals surface area contributed by atoms with Gasteiger partial charge in [0.15, 0.2) is 5.75 Å². The van der Waals surface area contributed by atoms with Gasteiger partial charge in [0, 0.05) is 17.2 Å². The Labute approximate surface area is 228 Å². The number of phenols is 1. The molecule has 1 aromatic heterocycles. The minimum absolute atomic E-state index is 0.0918. The Bertz CT molecular complexity index is 1820. The third-order valence-electron chi connectivity index (χ3n) is 7.34. The van der Waals surface area contributed by atoms with Crippen LogP contribution in [0.2, 0.25) is 0 Å². The maximum absolute atomic E-state index is 14.5. The Morgan fingerprint density at radius 1 is 0.590 bits per heavy atom. The molecule has 0 aliphatic rings. The minimum Gasteiger partial charge on any atom is -0.868 e. The Morgan fingerprint density at radius 2 is 1.13 bits per heavy atom. The lowest BCUT2D eigenvalue weighted by Gasteiger charge is -2.21.